The Hall–Kier alpha value is -3.84. The van der Waals surface area contributed by atoms with E-state index in [9.17, 15) is 9.59 Å². The quantitative estimate of drug-likeness (QED) is 0.406. The zero-order valence-electron chi connectivity index (χ0n) is 20.4. The average molecular weight is 490 g/mol. The molecule has 1 N–H and O–H groups in total. The first-order valence-electron chi connectivity index (χ1n) is 12.1. The van der Waals surface area contributed by atoms with E-state index in [0.717, 1.165) is 23.1 Å². The van der Waals surface area contributed by atoms with Gasteiger partial charge in [0.25, 0.3) is 0 Å². The molecule has 7 nitrogen and oxygen atoms in total. The molecule has 1 aliphatic heterocycles. The molecule has 1 fully saturated rings. The Kier molecular flexibility index (Phi) is 8.94. The molecule has 1 amide bonds. The summed E-state index contributed by atoms with van der Waals surface area (Å²) in [6, 6.07) is 24.4. The molecule has 3 aromatic rings. The Morgan fingerprint density at radius 2 is 1.53 bits per heavy atom. The molecule has 4 rings (SSSR count). The number of rotatable bonds is 11. The van der Waals surface area contributed by atoms with Crippen molar-refractivity contribution in [1.29, 1.82) is 0 Å². The third-order valence-electron chi connectivity index (χ3n) is 5.95. The van der Waals surface area contributed by atoms with Crippen molar-refractivity contribution >= 4 is 11.9 Å². The number of nitrogens with one attached hydrogen (secondary N) is 1. The summed E-state index contributed by atoms with van der Waals surface area (Å²) < 4.78 is 22.6. The van der Waals surface area contributed by atoms with Crippen LogP contribution in [0, 0.1) is 0 Å². The molecule has 1 saturated heterocycles. The number of hydrogen-bond acceptors (Lipinski definition) is 6. The van der Waals surface area contributed by atoms with Gasteiger partial charge in [0.1, 0.15) is 25.4 Å². The molecule has 188 valence electrons. The van der Waals surface area contributed by atoms with Crippen LogP contribution in [0.15, 0.2) is 78.9 Å². The lowest BCUT2D eigenvalue weighted by atomic mass is 10.0. The summed E-state index contributed by atoms with van der Waals surface area (Å²) in [5.41, 5.74) is 2.86. The van der Waals surface area contributed by atoms with Crippen LogP contribution in [0.3, 0.4) is 0 Å². The summed E-state index contributed by atoms with van der Waals surface area (Å²) in [6.45, 7) is 1.31. The summed E-state index contributed by atoms with van der Waals surface area (Å²) in [7, 11) is 1.31. The Labute approximate surface area is 211 Å². The summed E-state index contributed by atoms with van der Waals surface area (Å²) in [4.78, 5) is 25.0. The molecule has 0 spiro atoms. The van der Waals surface area contributed by atoms with E-state index < -0.39 is 18.1 Å². The van der Waals surface area contributed by atoms with E-state index in [1.807, 2.05) is 78.9 Å². The van der Waals surface area contributed by atoms with Crippen molar-refractivity contribution in [3.05, 3.63) is 95.6 Å². The van der Waals surface area contributed by atoms with E-state index >= 15 is 0 Å². The maximum absolute atomic E-state index is 12.6. The number of carbonyl (C=O) groups excluding carboxylic acids is 2. The summed E-state index contributed by atoms with van der Waals surface area (Å²) >= 11 is 0. The number of carbonyl (C=O) groups is 2. The lowest BCUT2D eigenvalue weighted by molar-refractivity contribution is -0.146. The normalized spacial score (nSPS) is 15.6. The zero-order valence-corrected chi connectivity index (χ0v) is 20.4. The Morgan fingerprint density at radius 1 is 0.889 bits per heavy atom. The van der Waals surface area contributed by atoms with Gasteiger partial charge in [-0.1, -0.05) is 66.7 Å². The Morgan fingerprint density at radius 3 is 2.11 bits per heavy atom. The average Bonchev–Trinajstić information content (AvgIpc) is 3.47. The van der Waals surface area contributed by atoms with Crippen LogP contribution in [0.2, 0.25) is 0 Å². The van der Waals surface area contributed by atoms with Crippen molar-refractivity contribution in [2.24, 2.45) is 0 Å². The second-order valence-electron chi connectivity index (χ2n) is 8.62. The maximum Gasteiger partial charge on any atom is 0.328 e. The number of methoxy groups -OCH3 is 1. The van der Waals surface area contributed by atoms with Crippen LogP contribution < -0.4 is 14.8 Å². The van der Waals surface area contributed by atoms with E-state index in [4.69, 9.17) is 18.9 Å². The van der Waals surface area contributed by atoms with Gasteiger partial charge < -0.3 is 24.3 Å². The van der Waals surface area contributed by atoms with Crippen molar-refractivity contribution < 1.29 is 28.5 Å². The summed E-state index contributed by atoms with van der Waals surface area (Å²) in [5.74, 6) is 0.335. The van der Waals surface area contributed by atoms with E-state index in [-0.39, 0.29) is 12.3 Å². The van der Waals surface area contributed by atoms with Gasteiger partial charge >= 0.3 is 5.97 Å². The van der Waals surface area contributed by atoms with Gasteiger partial charge in [-0.05, 0) is 41.7 Å². The van der Waals surface area contributed by atoms with Gasteiger partial charge in [-0.25, -0.2) is 4.79 Å². The predicted molar refractivity (Wildman–Crippen MR) is 135 cm³/mol. The highest BCUT2D eigenvalue weighted by molar-refractivity contribution is 5.87. The van der Waals surface area contributed by atoms with Gasteiger partial charge in [-0.2, -0.15) is 0 Å². The number of amides is 1. The molecule has 3 aromatic carbocycles. The molecular formula is C29H31NO6. The monoisotopic (exact) mass is 489 g/mol. The first-order valence-corrected chi connectivity index (χ1v) is 12.1. The largest absolute Gasteiger partial charge is 0.485 e. The van der Waals surface area contributed by atoms with Crippen molar-refractivity contribution in [3.8, 4) is 11.5 Å². The first-order chi connectivity index (χ1) is 17.6. The van der Waals surface area contributed by atoms with Crippen molar-refractivity contribution in [2.45, 2.75) is 44.6 Å². The molecular weight excluding hydrogens is 458 g/mol. The number of esters is 1. The third kappa shape index (κ3) is 7.09. The smallest absolute Gasteiger partial charge is 0.328 e. The molecule has 1 aliphatic rings. The molecule has 0 unspecified atom stereocenters. The van der Waals surface area contributed by atoms with E-state index in [1.54, 1.807) is 0 Å². The molecule has 0 aliphatic carbocycles. The van der Waals surface area contributed by atoms with Crippen molar-refractivity contribution in [1.82, 2.24) is 5.32 Å². The van der Waals surface area contributed by atoms with E-state index in [1.165, 1.54) is 7.11 Å². The van der Waals surface area contributed by atoms with Gasteiger partial charge in [-0.3, -0.25) is 4.79 Å². The highest BCUT2D eigenvalue weighted by atomic mass is 16.5. The zero-order chi connectivity index (χ0) is 25.2. The first kappa shape index (κ1) is 25.3. The van der Waals surface area contributed by atoms with Gasteiger partial charge in [0.2, 0.25) is 5.91 Å². The summed E-state index contributed by atoms with van der Waals surface area (Å²) in [5, 5.41) is 2.79. The number of ether oxygens (including phenoxy) is 4. The lowest BCUT2D eigenvalue weighted by Crippen LogP contribution is -2.47. The molecule has 0 aromatic heterocycles. The number of hydrogen-bond donors (Lipinski definition) is 1. The van der Waals surface area contributed by atoms with E-state index in [2.05, 4.69) is 5.32 Å². The third-order valence-corrected chi connectivity index (χ3v) is 5.95. The lowest BCUT2D eigenvalue weighted by Gasteiger charge is -2.20. The number of benzene rings is 3. The SMILES string of the molecule is COC(=O)[C@H](Cc1ccc(OCc2ccccc2)c(OCc2ccccc2)c1)NC(=O)[C@@H]1CCCO1. The molecule has 1 heterocycles. The Balaban J connectivity index is 1.51. The fourth-order valence-electron chi connectivity index (χ4n) is 4.00. The molecule has 0 saturated carbocycles. The maximum atomic E-state index is 12.6. The van der Waals surface area contributed by atoms with Gasteiger partial charge in [0, 0.05) is 13.0 Å². The fourth-order valence-corrected chi connectivity index (χ4v) is 4.00. The van der Waals surface area contributed by atoms with Crippen LogP contribution in [0.5, 0.6) is 11.5 Å². The van der Waals surface area contributed by atoms with Crippen molar-refractivity contribution in [2.75, 3.05) is 13.7 Å². The highest BCUT2D eigenvalue weighted by Gasteiger charge is 2.29. The fraction of sp³-hybridized carbons (Fsp3) is 0.310. The molecule has 36 heavy (non-hydrogen) atoms. The minimum Gasteiger partial charge on any atom is -0.485 e. The molecule has 0 bridgehead atoms. The second kappa shape index (κ2) is 12.7. The van der Waals surface area contributed by atoms with E-state index in [0.29, 0.717) is 37.7 Å². The molecule has 2 atom stereocenters. The molecule has 7 heteroatoms. The highest BCUT2D eigenvalue weighted by Crippen LogP contribution is 2.31. The van der Waals surface area contributed by atoms with Crippen LogP contribution in [0.4, 0.5) is 0 Å². The van der Waals surface area contributed by atoms with Crippen LogP contribution in [0.25, 0.3) is 0 Å². The minimum atomic E-state index is -0.843. The van der Waals surface area contributed by atoms with Gasteiger partial charge in [0.15, 0.2) is 11.5 Å². The minimum absolute atomic E-state index is 0.242. The standard InChI is InChI=1S/C29H31NO6/c1-33-29(32)24(30-28(31)26-13-8-16-34-26)17-23-14-15-25(35-19-21-9-4-2-5-10-21)27(18-23)36-20-22-11-6-3-7-12-22/h2-7,9-12,14-15,18,24,26H,8,13,16-17,19-20H2,1H3,(H,30,31)/t24-,26-/m0/s1. The Bertz CT molecular complexity index is 1130. The van der Waals surface area contributed by atoms with Crippen LogP contribution >= 0.6 is 0 Å². The predicted octanol–water partition coefficient (Wildman–Crippen LogP) is 4.22. The van der Waals surface area contributed by atoms with Gasteiger partial charge in [-0.15, -0.1) is 0 Å². The summed E-state index contributed by atoms with van der Waals surface area (Å²) in [6.07, 6.45) is 1.18. The van der Waals surface area contributed by atoms with Crippen LogP contribution in [-0.4, -0.2) is 37.7 Å². The molecule has 0 radical (unpaired) electrons. The van der Waals surface area contributed by atoms with Crippen LogP contribution in [0.1, 0.15) is 29.5 Å². The van der Waals surface area contributed by atoms with Crippen molar-refractivity contribution in [3.63, 3.8) is 0 Å². The second-order valence-corrected chi connectivity index (χ2v) is 8.62. The van der Waals surface area contributed by atoms with Crippen LogP contribution in [-0.2, 0) is 38.7 Å². The van der Waals surface area contributed by atoms with Gasteiger partial charge in [0.05, 0.1) is 7.11 Å². The topological polar surface area (TPSA) is 83.1 Å².